The number of amidine groups is 1. The molecule has 0 spiro atoms. The van der Waals surface area contributed by atoms with Crippen LogP contribution in [0.1, 0.15) is 106 Å². The van der Waals surface area contributed by atoms with E-state index in [0.29, 0.717) is 44.6 Å². The summed E-state index contributed by atoms with van der Waals surface area (Å²) in [5.74, 6) is 1.02. The highest BCUT2D eigenvalue weighted by atomic mass is 16.5. The van der Waals surface area contributed by atoms with Gasteiger partial charge < -0.3 is 26.0 Å². The molecule has 2 heterocycles. The topological polar surface area (TPSA) is 148 Å². The minimum Gasteiger partial charge on any atom is -0.512 e. The van der Waals surface area contributed by atoms with Gasteiger partial charge in [-0.2, -0.15) is 5.10 Å². The van der Waals surface area contributed by atoms with Crippen LogP contribution in [0.15, 0.2) is 62.2 Å². The molecule has 0 aromatic carbocycles. The number of hydrogen-bond donors (Lipinski definition) is 3. The van der Waals surface area contributed by atoms with Crippen molar-refractivity contribution in [1.29, 1.82) is 0 Å². The second kappa shape index (κ2) is 21.3. The Hall–Kier alpha value is -3.40. The number of esters is 1. The van der Waals surface area contributed by atoms with Crippen LogP contribution >= 0.6 is 0 Å². The first-order chi connectivity index (χ1) is 21.2. The highest BCUT2D eigenvalue weighted by molar-refractivity contribution is 5.97. The summed E-state index contributed by atoms with van der Waals surface area (Å²) in [5.41, 5.74) is 14.9. The van der Waals surface area contributed by atoms with Crippen LogP contribution in [-0.2, 0) is 14.3 Å². The molecule has 0 bridgehead atoms. The van der Waals surface area contributed by atoms with Crippen LogP contribution in [0.25, 0.3) is 0 Å². The first-order valence-corrected chi connectivity index (χ1v) is 16.3. The fraction of sp³-hybridized carbons (Fsp3) is 0.647. The number of aliphatic hydroxyl groups is 1. The summed E-state index contributed by atoms with van der Waals surface area (Å²) >= 11 is 0. The summed E-state index contributed by atoms with van der Waals surface area (Å²) in [6, 6.07) is 0.350. The van der Waals surface area contributed by atoms with Crippen molar-refractivity contribution in [3.63, 3.8) is 0 Å². The Kier molecular flexibility index (Phi) is 18.7. The van der Waals surface area contributed by atoms with Crippen LogP contribution < -0.4 is 11.5 Å². The minimum atomic E-state index is -0.487. The molecule has 10 nitrogen and oxygen atoms in total. The molecular weight excluding hydrogens is 556 g/mol. The number of rotatable bonds is 13. The van der Waals surface area contributed by atoms with Crippen molar-refractivity contribution in [2.45, 2.75) is 118 Å². The van der Waals surface area contributed by atoms with Gasteiger partial charge in [0.25, 0.3) is 0 Å². The van der Waals surface area contributed by atoms with Crippen molar-refractivity contribution in [2.75, 3.05) is 19.8 Å². The Morgan fingerprint density at radius 1 is 1.30 bits per heavy atom. The minimum absolute atomic E-state index is 0.0527. The number of allylic oxidation sites excluding steroid dienone is 4. The SMILES string of the molecule is C=C/C(CC)=C(\C=NC(C)CC)OCC.CC.CC1=NCN(/N=C(\N)CC2=C(O)CC(C3CCCC3)OC2=O)C(CCN)=C1. The maximum absolute atomic E-state index is 12.4. The first-order valence-electron chi connectivity index (χ1n) is 16.3. The van der Waals surface area contributed by atoms with Crippen LogP contribution in [0.3, 0.4) is 0 Å². The van der Waals surface area contributed by atoms with Crippen molar-refractivity contribution >= 4 is 23.7 Å². The van der Waals surface area contributed by atoms with E-state index in [4.69, 9.17) is 20.9 Å². The lowest BCUT2D eigenvalue weighted by molar-refractivity contribution is -0.149. The van der Waals surface area contributed by atoms with Crippen molar-refractivity contribution < 1.29 is 19.4 Å². The van der Waals surface area contributed by atoms with E-state index in [9.17, 15) is 9.90 Å². The second-order valence-electron chi connectivity index (χ2n) is 10.8. The molecule has 0 radical (unpaired) electrons. The number of nitrogens with zero attached hydrogens (tertiary/aromatic N) is 4. The molecule has 1 saturated carbocycles. The molecule has 2 unspecified atom stereocenters. The van der Waals surface area contributed by atoms with Gasteiger partial charge in [0.05, 0.1) is 18.4 Å². The summed E-state index contributed by atoms with van der Waals surface area (Å²) in [6.45, 7) is 19.5. The number of hydrazone groups is 1. The van der Waals surface area contributed by atoms with E-state index in [1.807, 2.05) is 46.1 Å². The molecule has 248 valence electrons. The number of ether oxygens (including phenoxy) is 2. The molecule has 0 aromatic rings. The van der Waals surface area contributed by atoms with Crippen molar-refractivity contribution in [1.82, 2.24) is 5.01 Å². The van der Waals surface area contributed by atoms with Gasteiger partial charge in [0.1, 0.15) is 30.1 Å². The van der Waals surface area contributed by atoms with E-state index >= 15 is 0 Å². The Labute approximate surface area is 265 Å². The molecule has 0 saturated heterocycles. The summed E-state index contributed by atoms with van der Waals surface area (Å²) < 4.78 is 11.1. The van der Waals surface area contributed by atoms with Gasteiger partial charge in [-0.05, 0) is 70.6 Å². The molecule has 3 aliphatic rings. The fourth-order valence-corrected chi connectivity index (χ4v) is 4.98. The highest BCUT2D eigenvalue weighted by Gasteiger charge is 2.35. The smallest absolute Gasteiger partial charge is 0.338 e. The van der Waals surface area contributed by atoms with E-state index in [0.717, 1.165) is 61.3 Å². The van der Waals surface area contributed by atoms with Gasteiger partial charge in [-0.3, -0.25) is 9.98 Å². The lowest BCUT2D eigenvalue weighted by Crippen LogP contribution is -2.34. The lowest BCUT2D eigenvalue weighted by Gasteiger charge is -2.29. The third-order valence-electron chi connectivity index (χ3n) is 7.62. The van der Waals surface area contributed by atoms with Gasteiger partial charge >= 0.3 is 5.97 Å². The van der Waals surface area contributed by atoms with Crippen LogP contribution in [0.5, 0.6) is 0 Å². The van der Waals surface area contributed by atoms with Crippen LogP contribution in [0.4, 0.5) is 0 Å². The molecule has 2 aliphatic heterocycles. The summed E-state index contributed by atoms with van der Waals surface area (Å²) in [6.07, 6.45) is 12.8. The average Bonchev–Trinajstić information content (AvgIpc) is 3.56. The second-order valence-corrected chi connectivity index (χ2v) is 10.8. The standard InChI is InChI=1S/C19H29N5O3.C13H23NO.C2H6/c1-12-8-14(6-7-20)24(11-22-12)23-18(21)9-15-16(25)10-17(27-19(15)26)13-4-2-3-5-13;1-6-11(5)14-10-13(15-9-4)12(7-2)8-3;1-2/h8,13,17,25H,2-7,9-11,20H2,1H3,(H2,21,23);7,10-11H,2,6,8-9H2,1,3-5H3;1-2H3/b;13-12-,14-10?;. The first kappa shape index (κ1) is 38.6. The third-order valence-corrected chi connectivity index (χ3v) is 7.62. The van der Waals surface area contributed by atoms with Gasteiger partial charge in [0.2, 0.25) is 0 Å². The van der Waals surface area contributed by atoms with Crippen molar-refractivity contribution in [3.8, 4) is 0 Å². The number of aliphatic hydroxyl groups excluding tert-OH is 1. The Balaban J connectivity index is 0.000000487. The quantitative estimate of drug-likeness (QED) is 0.0687. The van der Waals surface area contributed by atoms with Gasteiger partial charge in [-0.25, -0.2) is 9.80 Å². The van der Waals surface area contributed by atoms with E-state index in [1.165, 1.54) is 0 Å². The Bertz CT molecular complexity index is 1100. The molecule has 3 rings (SSSR count). The van der Waals surface area contributed by atoms with Gasteiger partial charge in [-0.15, -0.1) is 0 Å². The predicted molar refractivity (Wildman–Crippen MR) is 183 cm³/mol. The summed E-state index contributed by atoms with van der Waals surface area (Å²) in [4.78, 5) is 21.2. The Morgan fingerprint density at radius 3 is 2.52 bits per heavy atom. The molecule has 1 aliphatic carbocycles. The van der Waals surface area contributed by atoms with Crippen molar-refractivity contribution in [2.24, 2.45) is 32.5 Å². The van der Waals surface area contributed by atoms with Crippen LogP contribution in [-0.4, -0.2) is 65.8 Å². The normalized spacial score (nSPS) is 20.5. The van der Waals surface area contributed by atoms with E-state index < -0.39 is 5.97 Å². The zero-order valence-electron chi connectivity index (χ0n) is 28.3. The highest BCUT2D eigenvalue weighted by Crippen LogP contribution is 2.35. The zero-order chi connectivity index (χ0) is 33.1. The van der Waals surface area contributed by atoms with E-state index in [-0.39, 0.29) is 29.7 Å². The number of aliphatic imine (C=N–C) groups is 2. The van der Waals surface area contributed by atoms with Crippen LogP contribution in [0.2, 0.25) is 0 Å². The van der Waals surface area contributed by atoms with E-state index in [2.05, 4.69) is 42.4 Å². The van der Waals surface area contributed by atoms with Gasteiger partial charge in [0, 0.05) is 36.7 Å². The molecule has 0 aromatic heterocycles. The summed E-state index contributed by atoms with van der Waals surface area (Å²) in [5, 5.41) is 16.5. The molecule has 2 atom stereocenters. The van der Waals surface area contributed by atoms with E-state index in [1.54, 1.807) is 5.01 Å². The number of cyclic esters (lactones) is 1. The number of carbonyl (C=O) groups excluding carboxylic acids is 1. The third kappa shape index (κ3) is 12.7. The van der Waals surface area contributed by atoms with Gasteiger partial charge in [0.15, 0.2) is 0 Å². The van der Waals surface area contributed by atoms with Crippen molar-refractivity contribution in [3.05, 3.63) is 47.1 Å². The number of nitrogens with two attached hydrogens (primary N) is 2. The predicted octanol–water partition coefficient (Wildman–Crippen LogP) is 6.70. The Morgan fingerprint density at radius 2 is 1.98 bits per heavy atom. The molecule has 5 N–H and O–H groups in total. The maximum atomic E-state index is 12.4. The number of carbonyl (C=O) groups is 1. The fourth-order valence-electron chi connectivity index (χ4n) is 4.98. The molecule has 1 fully saturated rings. The van der Waals surface area contributed by atoms with Crippen LogP contribution in [0, 0.1) is 5.92 Å². The molecule has 0 amide bonds. The maximum Gasteiger partial charge on any atom is 0.338 e. The summed E-state index contributed by atoms with van der Waals surface area (Å²) in [7, 11) is 0. The molecule has 10 heteroatoms. The molecule has 44 heavy (non-hydrogen) atoms. The largest absolute Gasteiger partial charge is 0.512 e. The average molecular weight is 615 g/mol. The number of hydrogen-bond acceptors (Lipinski definition) is 9. The molecular formula is C34H58N6O4. The van der Waals surface area contributed by atoms with Gasteiger partial charge in [-0.1, -0.05) is 53.2 Å². The monoisotopic (exact) mass is 614 g/mol. The lowest BCUT2D eigenvalue weighted by atomic mass is 9.93. The zero-order valence-corrected chi connectivity index (χ0v) is 28.3.